The number of para-hydroxylation sites is 1. The van der Waals surface area contributed by atoms with Gasteiger partial charge in [0, 0.05) is 16.6 Å². The number of nitrogens with two attached hydrogens (primary N) is 1. The highest BCUT2D eigenvalue weighted by Crippen LogP contribution is 2.36. The molecule has 1 aromatic carbocycles. The van der Waals surface area contributed by atoms with Gasteiger partial charge in [-0.1, -0.05) is 18.2 Å². The Hall–Kier alpha value is -1.81. The van der Waals surface area contributed by atoms with Crippen LogP contribution in [-0.2, 0) is 10.2 Å². The van der Waals surface area contributed by atoms with Gasteiger partial charge in [0.1, 0.15) is 0 Å². The quantitative estimate of drug-likeness (QED) is 0.773. The lowest BCUT2D eigenvalue weighted by atomic mass is 9.78. The number of hydrogen-bond acceptors (Lipinski definition) is 2. The topological polar surface area (TPSA) is 79.1 Å². The summed E-state index contributed by atoms with van der Waals surface area (Å²) < 4.78 is 0. The van der Waals surface area contributed by atoms with Gasteiger partial charge in [-0.05, 0) is 38.4 Å². The fourth-order valence-corrected chi connectivity index (χ4v) is 2.62. The minimum atomic E-state index is -0.946. The van der Waals surface area contributed by atoms with E-state index in [1.807, 2.05) is 31.2 Å². The van der Waals surface area contributed by atoms with Crippen molar-refractivity contribution in [3.8, 4) is 0 Å². The van der Waals surface area contributed by atoms with E-state index in [4.69, 9.17) is 5.73 Å². The van der Waals surface area contributed by atoms with Gasteiger partial charge in [-0.15, -0.1) is 0 Å². The molecule has 4 N–H and O–H groups in total. The zero-order chi connectivity index (χ0) is 13.3. The average molecular weight is 246 g/mol. The Kier molecular flexibility index (Phi) is 3.13. The molecule has 4 nitrogen and oxygen atoms in total. The maximum atomic E-state index is 11.6. The largest absolute Gasteiger partial charge is 0.481 e. The zero-order valence-electron chi connectivity index (χ0n) is 10.7. The number of rotatable bonds is 4. The number of benzene rings is 1. The Labute approximate surface area is 106 Å². The molecule has 0 saturated heterocycles. The smallest absolute Gasteiger partial charge is 0.313 e. The van der Waals surface area contributed by atoms with Crippen molar-refractivity contribution in [3.63, 3.8) is 0 Å². The van der Waals surface area contributed by atoms with Gasteiger partial charge in [-0.25, -0.2) is 0 Å². The van der Waals surface area contributed by atoms with Crippen molar-refractivity contribution in [3.05, 3.63) is 35.5 Å². The molecule has 2 aromatic rings. The lowest BCUT2D eigenvalue weighted by Crippen LogP contribution is -2.35. The van der Waals surface area contributed by atoms with Gasteiger partial charge in [0.15, 0.2) is 0 Å². The van der Waals surface area contributed by atoms with Crippen LogP contribution in [-0.4, -0.2) is 22.6 Å². The normalized spacial score (nSPS) is 14.6. The molecule has 96 valence electrons. The molecule has 1 unspecified atom stereocenters. The first kappa shape index (κ1) is 12.6. The third kappa shape index (κ3) is 1.78. The molecule has 0 aliphatic carbocycles. The summed E-state index contributed by atoms with van der Waals surface area (Å²) in [5, 5.41) is 10.5. The molecule has 0 fully saturated rings. The van der Waals surface area contributed by atoms with Crippen LogP contribution in [0.15, 0.2) is 24.3 Å². The lowest BCUT2D eigenvalue weighted by Gasteiger charge is -2.25. The molecule has 0 saturated carbocycles. The highest BCUT2D eigenvalue weighted by atomic mass is 16.4. The standard InChI is InChI=1S/C14H18N2O2/c1-9-12(14(2,7-8-15)13(17)18)10-5-3-4-6-11(10)16-9/h3-6,16H,7-8,15H2,1-2H3,(H,17,18). The van der Waals surface area contributed by atoms with Crippen molar-refractivity contribution in [2.45, 2.75) is 25.7 Å². The van der Waals surface area contributed by atoms with E-state index in [1.54, 1.807) is 6.92 Å². The summed E-state index contributed by atoms with van der Waals surface area (Å²) in [5.74, 6) is -0.833. The first-order chi connectivity index (χ1) is 8.50. The Bertz CT molecular complexity index is 588. The molecule has 0 aliphatic rings. The van der Waals surface area contributed by atoms with Crippen LogP contribution >= 0.6 is 0 Å². The van der Waals surface area contributed by atoms with Crippen LogP contribution in [0.1, 0.15) is 24.6 Å². The predicted octanol–water partition coefficient (Wildman–Crippen LogP) is 2.17. The maximum absolute atomic E-state index is 11.6. The molecule has 0 radical (unpaired) electrons. The number of nitrogens with one attached hydrogen (secondary N) is 1. The van der Waals surface area contributed by atoms with Gasteiger partial charge >= 0.3 is 5.97 Å². The number of fused-ring (bicyclic) bond motifs is 1. The van der Waals surface area contributed by atoms with Gasteiger partial charge in [0.2, 0.25) is 0 Å². The summed E-state index contributed by atoms with van der Waals surface area (Å²) in [6.45, 7) is 4.00. The number of aromatic nitrogens is 1. The van der Waals surface area contributed by atoms with Gasteiger partial charge in [0.25, 0.3) is 0 Å². The maximum Gasteiger partial charge on any atom is 0.313 e. The fourth-order valence-electron chi connectivity index (χ4n) is 2.62. The van der Waals surface area contributed by atoms with Gasteiger partial charge in [0.05, 0.1) is 5.41 Å². The Balaban J connectivity index is 2.71. The first-order valence-corrected chi connectivity index (χ1v) is 6.02. The van der Waals surface area contributed by atoms with Gasteiger partial charge in [-0.2, -0.15) is 0 Å². The summed E-state index contributed by atoms with van der Waals surface area (Å²) in [6, 6.07) is 7.76. The first-order valence-electron chi connectivity index (χ1n) is 6.02. The Morgan fingerprint density at radius 2 is 2.11 bits per heavy atom. The minimum Gasteiger partial charge on any atom is -0.481 e. The number of carboxylic acid groups (broad SMARTS) is 1. The number of H-pyrrole nitrogens is 1. The predicted molar refractivity (Wildman–Crippen MR) is 71.7 cm³/mol. The van der Waals surface area contributed by atoms with Crippen molar-refractivity contribution in [2.75, 3.05) is 6.54 Å². The third-order valence-corrected chi connectivity index (χ3v) is 3.56. The van der Waals surface area contributed by atoms with Crippen molar-refractivity contribution in [2.24, 2.45) is 5.73 Å². The molecule has 2 rings (SSSR count). The number of aryl methyl sites for hydroxylation is 1. The number of carboxylic acids is 1. The molecule has 0 amide bonds. The second kappa shape index (κ2) is 4.46. The zero-order valence-corrected chi connectivity index (χ0v) is 10.7. The van der Waals surface area contributed by atoms with Crippen LogP contribution in [0.2, 0.25) is 0 Å². The Morgan fingerprint density at radius 1 is 1.44 bits per heavy atom. The van der Waals surface area contributed by atoms with Crippen LogP contribution in [0, 0.1) is 6.92 Å². The molecule has 0 aliphatic heterocycles. The summed E-state index contributed by atoms with van der Waals surface area (Å²) in [4.78, 5) is 14.9. The SMILES string of the molecule is Cc1[nH]c2ccccc2c1C(C)(CCN)C(=O)O. The van der Waals surface area contributed by atoms with E-state index in [0.717, 1.165) is 22.2 Å². The summed E-state index contributed by atoms with van der Waals surface area (Å²) in [7, 11) is 0. The lowest BCUT2D eigenvalue weighted by molar-refractivity contribution is -0.143. The van der Waals surface area contributed by atoms with Crippen LogP contribution in [0.3, 0.4) is 0 Å². The van der Waals surface area contributed by atoms with Gasteiger partial charge < -0.3 is 15.8 Å². The number of carbonyl (C=O) groups is 1. The molecule has 1 aromatic heterocycles. The highest BCUT2D eigenvalue weighted by molar-refractivity contribution is 5.93. The number of hydrogen-bond donors (Lipinski definition) is 3. The summed E-state index contributed by atoms with van der Waals surface area (Å²) >= 11 is 0. The molecular formula is C14H18N2O2. The molecule has 4 heteroatoms. The van der Waals surface area contributed by atoms with Gasteiger partial charge in [-0.3, -0.25) is 4.79 Å². The van der Waals surface area contributed by atoms with E-state index in [2.05, 4.69) is 4.98 Å². The van der Waals surface area contributed by atoms with E-state index < -0.39 is 11.4 Å². The monoisotopic (exact) mass is 246 g/mol. The average Bonchev–Trinajstić information content (AvgIpc) is 2.65. The number of aliphatic carboxylic acids is 1. The summed E-state index contributed by atoms with van der Waals surface area (Å²) in [6.07, 6.45) is 0.422. The molecule has 1 heterocycles. The molecular weight excluding hydrogens is 228 g/mol. The molecule has 0 spiro atoms. The van der Waals surface area contributed by atoms with E-state index in [9.17, 15) is 9.90 Å². The minimum absolute atomic E-state index is 0.349. The second-order valence-corrected chi connectivity index (χ2v) is 4.85. The fraction of sp³-hybridized carbons (Fsp3) is 0.357. The van der Waals surface area contributed by atoms with Crippen molar-refractivity contribution < 1.29 is 9.90 Å². The molecule has 18 heavy (non-hydrogen) atoms. The third-order valence-electron chi connectivity index (χ3n) is 3.56. The molecule has 1 atom stereocenters. The van der Waals surface area contributed by atoms with Crippen LogP contribution in [0.4, 0.5) is 0 Å². The Morgan fingerprint density at radius 3 is 2.72 bits per heavy atom. The van der Waals surface area contributed by atoms with E-state index >= 15 is 0 Å². The van der Waals surface area contributed by atoms with Crippen molar-refractivity contribution >= 4 is 16.9 Å². The second-order valence-electron chi connectivity index (χ2n) is 4.85. The van der Waals surface area contributed by atoms with Crippen LogP contribution in [0.25, 0.3) is 10.9 Å². The van der Waals surface area contributed by atoms with Crippen LogP contribution < -0.4 is 5.73 Å². The summed E-state index contributed by atoms with van der Waals surface area (Å²) in [5.41, 5.74) is 7.34. The van der Waals surface area contributed by atoms with E-state index in [-0.39, 0.29) is 0 Å². The van der Waals surface area contributed by atoms with Crippen LogP contribution in [0.5, 0.6) is 0 Å². The van der Waals surface area contributed by atoms with Crippen molar-refractivity contribution in [1.29, 1.82) is 0 Å². The van der Waals surface area contributed by atoms with Crippen molar-refractivity contribution in [1.82, 2.24) is 4.98 Å². The molecule has 0 bridgehead atoms. The highest BCUT2D eigenvalue weighted by Gasteiger charge is 2.37. The van der Waals surface area contributed by atoms with E-state index in [1.165, 1.54) is 0 Å². The van der Waals surface area contributed by atoms with E-state index in [0.29, 0.717) is 13.0 Å². The number of aromatic amines is 1.